The number of aliphatic carboxylic acids is 1. The average Bonchev–Trinajstić information content (AvgIpc) is 2.87. The molecular formula is C27H29N3O7. The van der Waals surface area contributed by atoms with Gasteiger partial charge in [0.15, 0.2) is 0 Å². The molecule has 4 N–H and O–H groups in total. The Morgan fingerprint density at radius 1 is 1.00 bits per heavy atom. The largest absolute Gasteiger partial charge is 0.481 e. The van der Waals surface area contributed by atoms with E-state index in [9.17, 15) is 19.2 Å². The fraction of sp³-hybridized carbons (Fsp3) is 0.296. The molecule has 0 aromatic heterocycles. The second kappa shape index (κ2) is 12.5. The summed E-state index contributed by atoms with van der Waals surface area (Å²) in [6.07, 6.45) is 4.81. The Kier molecular flexibility index (Phi) is 9.15. The molecule has 1 amide bonds. The molecule has 0 unspecified atom stereocenters. The third kappa shape index (κ3) is 7.76. The summed E-state index contributed by atoms with van der Waals surface area (Å²) in [4.78, 5) is 54.0. The van der Waals surface area contributed by atoms with Crippen molar-refractivity contribution in [3.05, 3.63) is 70.8 Å². The van der Waals surface area contributed by atoms with Gasteiger partial charge in [-0.25, -0.2) is 9.59 Å². The van der Waals surface area contributed by atoms with Crippen LogP contribution in [0.3, 0.4) is 0 Å². The number of carbonyl (C=O) groups excluding carboxylic acids is 3. The molecule has 1 aliphatic carbocycles. The van der Waals surface area contributed by atoms with Gasteiger partial charge in [-0.05, 0) is 67.8 Å². The SMILES string of the molecule is CC(=Cc1ccc(C(=O)Oc2ccc(C(=N)N)cc2)cc1)C(=O)ON(C(=O)CC(=O)O)C1CCCCC1. The molecule has 37 heavy (non-hydrogen) atoms. The molecule has 0 radical (unpaired) electrons. The molecule has 0 heterocycles. The Balaban J connectivity index is 1.65. The van der Waals surface area contributed by atoms with Gasteiger partial charge in [-0.3, -0.25) is 15.0 Å². The second-order valence-electron chi connectivity index (χ2n) is 8.74. The highest BCUT2D eigenvalue weighted by atomic mass is 16.7. The molecule has 1 aliphatic rings. The number of benzene rings is 2. The summed E-state index contributed by atoms with van der Waals surface area (Å²) >= 11 is 0. The Labute approximate surface area is 214 Å². The molecule has 10 nitrogen and oxygen atoms in total. The second-order valence-corrected chi connectivity index (χ2v) is 8.74. The van der Waals surface area contributed by atoms with Crippen molar-refractivity contribution >= 4 is 35.7 Å². The summed E-state index contributed by atoms with van der Waals surface area (Å²) in [5.74, 6) is -3.18. The van der Waals surface area contributed by atoms with Crippen molar-refractivity contribution in [2.75, 3.05) is 0 Å². The van der Waals surface area contributed by atoms with Crippen LogP contribution in [0.5, 0.6) is 5.75 Å². The van der Waals surface area contributed by atoms with Gasteiger partial charge in [0.1, 0.15) is 18.0 Å². The molecule has 194 valence electrons. The van der Waals surface area contributed by atoms with Crippen LogP contribution in [-0.2, 0) is 19.2 Å². The first-order valence-corrected chi connectivity index (χ1v) is 11.8. The number of hydroxylamine groups is 2. The molecule has 0 spiro atoms. The van der Waals surface area contributed by atoms with E-state index in [1.54, 1.807) is 54.6 Å². The van der Waals surface area contributed by atoms with Gasteiger partial charge in [-0.15, -0.1) is 0 Å². The molecule has 0 saturated heterocycles. The summed E-state index contributed by atoms with van der Waals surface area (Å²) < 4.78 is 5.33. The molecular weight excluding hydrogens is 478 g/mol. The number of amidine groups is 1. The lowest BCUT2D eigenvalue weighted by molar-refractivity contribution is -0.207. The summed E-state index contributed by atoms with van der Waals surface area (Å²) in [5.41, 5.74) is 7.02. The van der Waals surface area contributed by atoms with E-state index in [0.717, 1.165) is 24.3 Å². The van der Waals surface area contributed by atoms with E-state index in [0.29, 0.717) is 29.7 Å². The Morgan fingerprint density at radius 2 is 1.59 bits per heavy atom. The maximum absolute atomic E-state index is 12.7. The molecule has 3 rings (SSSR count). The first-order chi connectivity index (χ1) is 17.6. The van der Waals surface area contributed by atoms with Gasteiger partial charge in [0.25, 0.3) is 5.91 Å². The third-order valence-electron chi connectivity index (χ3n) is 5.86. The molecule has 0 bridgehead atoms. The first-order valence-electron chi connectivity index (χ1n) is 11.8. The lowest BCUT2D eigenvalue weighted by atomic mass is 9.95. The predicted octanol–water partition coefficient (Wildman–Crippen LogP) is 3.69. The number of nitrogens with one attached hydrogen (secondary N) is 1. The Hall–Kier alpha value is -4.47. The van der Waals surface area contributed by atoms with Crippen LogP contribution < -0.4 is 10.5 Å². The van der Waals surface area contributed by atoms with Crippen molar-refractivity contribution in [3.8, 4) is 5.75 Å². The van der Waals surface area contributed by atoms with Crippen LogP contribution in [0.15, 0.2) is 54.1 Å². The number of carbonyl (C=O) groups is 4. The minimum atomic E-state index is -1.29. The quantitative estimate of drug-likeness (QED) is 0.0927. The predicted molar refractivity (Wildman–Crippen MR) is 135 cm³/mol. The average molecular weight is 508 g/mol. The molecule has 10 heteroatoms. The molecule has 2 aromatic rings. The van der Waals surface area contributed by atoms with Gasteiger partial charge in [0.05, 0.1) is 11.6 Å². The van der Waals surface area contributed by atoms with E-state index in [2.05, 4.69) is 0 Å². The van der Waals surface area contributed by atoms with E-state index >= 15 is 0 Å². The van der Waals surface area contributed by atoms with Crippen LogP contribution in [0.2, 0.25) is 0 Å². The highest BCUT2D eigenvalue weighted by Crippen LogP contribution is 2.24. The standard InChI is InChI=1S/C27H29N3O7/c1-17(26(34)37-30(23(31)16-24(32)33)21-5-3-2-4-6-21)15-18-7-9-20(10-8-18)27(35)36-22-13-11-19(12-14-22)25(28)29/h7-15,21H,2-6,16H2,1H3,(H3,28,29)(H,32,33). The number of rotatable bonds is 8. The first kappa shape index (κ1) is 27.1. The molecule has 1 fully saturated rings. The molecule has 1 saturated carbocycles. The van der Waals surface area contributed by atoms with Gasteiger partial charge < -0.3 is 20.4 Å². The van der Waals surface area contributed by atoms with Crippen LogP contribution in [0.1, 0.15) is 66.9 Å². The van der Waals surface area contributed by atoms with Crippen molar-refractivity contribution in [1.82, 2.24) is 5.06 Å². The summed E-state index contributed by atoms with van der Waals surface area (Å²) in [7, 11) is 0. The number of hydrogen-bond donors (Lipinski definition) is 3. The number of carboxylic acid groups (broad SMARTS) is 1. The van der Waals surface area contributed by atoms with Crippen LogP contribution in [0.4, 0.5) is 0 Å². The number of hydrogen-bond acceptors (Lipinski definition) is 7. The monoisotopic (exact) mass is 507 g/mol. The van der Waals surface area contributed by atoms with Gasteiger partial charge in [-0.2, -0.15) is 5.06 Å². The number of esters is 1. The fourth-order valence-electron chi connectivity index (χ4n) is 3.91. The van der Waals surface area contributed by atoms with Crippen LogP contribution in [-0.4, -0.2) is 45.9 Å². The number of carboxylic acids is 1. The fourth-order valence-corrected chi connectivity index (χ4v) is 3.91. The minimum absolute atomic E-state index is 0.0887. The van der Waals surface area contributed by atoms with Crippen LogP contribution >= 0.6 is 0 Å². The number of ether oxygens (including phenoxy) is 1. The molecule has 0 atom stereocenters. The van der Waals surface area contributed by atoms with E-state index in [1.165, 1.54) is 6.92 Å². The van der Waals surface area contributed by atoms with Crippen LogP contribution in [0, 0.1) is 5.41 Å². The minimum Gasteiger partial charge on any atom is -0.481 e. The van der Waals surface area contributed by atoms with Crippen molar-refractivity contribution in [1.29, 1.82) is 5.41 Å². The zero-order valence-electron chi connectivity index (χ0n) is 20.4. The maximum atomic E-state index is 12.7. The van der Waals surface area contributed by atoms with E-state index in [4.69, 9.17) is 25.8 Å². The molecule has 0 aliphatic heterocycles. The van der Waals surface area contributed by atoms with Gasteiger partial charge in [-0.1, -0.05) is 31.4 Å². The van der Waals surface area contributed by atoms with Crippen molar-refractivity contribution in [3.63, 3.8) is 0 Å². The van der Waals surface area contributed by atoms with Crippen LogP contribution in [0.25, 0.3) is 6.08 Å². The normalized spacial score (nSPS) is 13.9. The Morgan fingerprint density at radius 3 is 2.16 bits per heavy atom. The summed E-state index contributed by atoms with van der Waals surface area (Å²) in [5, 5.41) is 17.3. The third-order valence-corrected chi connectivity index (χ3v) is 5.86. The van der Waals surface area contributed by atoms with E-state index in [1.807, 2.05) is 0 Å². The number of nitrogens with zero attached hydrogens (tertiary/aromatic N) is 1. The number of amides is 1. The highest BCUT2D eigenvalue weighted by Gasteiger charge is 2.30. The van der Waals surface area contributed by atoms with Gasteiger partial charge >= 0.3 is 17.9 Å². The smallest absolute Gasteiger partial charge is 0.359 e. The van der Waals surface area contributed by atoms with Gasteiger partial charge in [0, 0.05) is 11.1 Å². The maximum Gasteiger partial charge on any atom is 0.359 e. The highest BCUT2D eigenvalue weighted by molar-refractivity contribution is 5.97. The zero-order chi connectivity index (χ0) is 26.9. The zero-order valence-corrected chi connectivity index (χ0v) is 20.4. The van der Waals surface area contributed by atoms with Crippen molar-refractivity contribution < 1.29 is 33.9 Å². The van der Waals surface area contributed by atoms with Gasteiger partial charge in [0.2, 0.25) is 0 Å². The lowest BCUT2D eigenvalue weighted by Crippen LogP contribution is -2.43. The van der Waals surface area contributed by atoms with Crippen molar-refractivity contribution in [2.45, 2.75) is 51.5 Å². The van der Waals surface area contributed by atoms with E-state index in [-0.39, 0.29) is 23.0 Å². The lowest BCUT2D eigenvalue weighted by Gasteiger charge is -2.32. The Bertz CT molecular complexity index is 1200. The number of nitrogens with two attached hydrogens (primary N) is 1. The number of nitrogen functional groups attached to an aromatic ring is 1. The molecule has 2 aromatic carbocycles. The van der Waals surface area contributed by atoms with Crippen molar-refractivity contribution in [2.24, 2.45) is 5.73 Å². The summed E-state index contributed by atoms with van der Waals surface area (Å²) in [6, 6.07) is 12.2. The summed E-state index contributed by atoms with van der Waals surface area (Å²) in [6.45, 7) is 1.52. The topological polar surface area (TPSA) is 160 Å². The van der Waals surface area contributed by atoms with E-state index < -0.39 is 30.2 Å².